The third kappa shape index (κ3) is 2.75. The molecule has 0 spiro atoms. The summed E-state index contributed by atoms with van der Waals surface area (Å²) in [6, 6.07) is 18.8. The maximum Gasteiger partial charge on any atom is 0.177 e. The maximum atomic E-state index is 12.4. The van der Waals surface area contributed by atoms with Crippen LogP contribution in [0.3, 0.4) is 0 Å². The molecule has 0 radical (unpaired) electrons. The van der Waals surface area contributed by atoms with Gasteiger partial charge in [0.15, 0.2) is 5.78 Å². The number of fused-ring (bicyclic) bond motifs is 2. The van der Waals surface area contributed by atoms with Gasteiger partial charge in [-0.25, -0.2) is 0 Å². The highest BCUT2D eigenvalue weighted by atomic mass is 32.2. The van der Waals surface area contributed by atoms with Gasteiger partial charge in [0.1, 0.15) is 12.0 Å². The monoisotopic (exact) mass is 346 g/mol. The minimum atomic E-state index is -0.783. The lowest BCUT2D eigenvalue weighted by Crippen LogP contribution is -2.19. The number of carbonyl (C=O) groups is 2. The Kier molecular flexibility index (Phi) is 3.90. The van der Waals surface area contributed by atoms with E-state index in [1.54, 1.807) is 18.2 Å². The molecule has 3 aromatic carbocycles. The largest absolute Gasteiger partial charge is 0.508 e. The molecule has 0 bridgehead atoms. The zero-order valence-electron chi connectivity index (χ0n) is 13.2. The van der Waals surface area contributed by atoms with Crippen LogP contribution < -0.4 is 0 Å². The van der Waals surface area contributed by atoms with E-state index in [1.165, 1.54) is 17.8 Å². The molecule has 4 rings (SSSR count). The second-order valence-corrected chi connectivity index (χ2v) is 6.95. The highest BCUT2D eigenvalue weighted by Crippen LogP contribution is 2.43. The quantitative estimate of drug-likeness (QED) is 0.552. The number of aldehydes is 1. The summed E-state index contributed by atoms with van der Waals surface area (Å²) in [6.45, 7) is 0. The second kappa shape index (κ2) is 6.22. The minimum absolute atomic E-state index is 0.0977. The van der Waals surface area contributed by atoms with Crippen molar-refractivity contribution < 1.29 is 14.7 Å². The molecule has 1 unspecified atom stereocenters. The summed E-state index contributed by atoms with van der Waals surface area (Å²) < 4.78 is 0. The van der Waals surface area contributed by atoms with Gasteiger partial charge in [-0.3, -0.25) is 4.79 Å². The van der Waals surface area contributed by atoms with E-state index in [1.807, 2.05) is 42.5 Å². The Hall–Kier alpha value is -2.85. The molecule has 4 heteroatoms. The van der Waals surface area contributed by atoms with Crippen molar-refractivity contribution in [1.82, 2.24) is 0 Å². The van der Waals surface area contributed by atoms with Crippen molar-refractivity contribution in [2.45, 2.75) is 4.90 Å². The molecule has 1 atom stereocenters. The minimum Gasteiger partial charge on any atom is -0.508 e. The third-order valence-electron chi connectivity index (χ3n) is 4.28. The van der Waals surface area contributed by atoms with E-state index in [4.69, 9.17) is 0 Å². The van der Waals surface area contributed by atoms with Crippen LogP contribution in [0.5, 0.6) is 5.75 Å². The molecular formula is C21H14O3S. The van der Waals surface area contributed by atoms with Crippen LogP contribution in [0, 0.1) is 5.92 Å². The van der Waals surface area contributed by atoms with Gasteiger partial charge in [-0.1, -0.05) is 54.2 Å². The van der Waals surface area contributed by atoms with Gasteiger partial charge in [-0.15, -0.1) is 0 Å². The van der Waals surface area contributed by atoms with Crippen LogP contribution in [0.2, 0.25) is 0 Å². The number of allylic oxidation sites excluding steroid dienone is 1. The molecule has 3 aromatic rings. The Labute approximate surface area is 149 Å². The molecular weight excluding hydrogens is 332 g/mol. The number of phenols is 1. The van der Waals surface area contributed by atoms with Crippen LogP contribution in [-0.2, 0) is 4.79 Å². The zero-order valence-corrected chi connectivity index (χ0v) is 14.0. The van der Waals surface area contributed by atoms with E-state index in [9.17, 15) is 14.7 Å². The normalized spacial score (nSPS) is 16.4. The van der Waals surface area contributed by atoms with Crippen molar-refractivity contribution in [2.75, 3.05) is 0 Å². The van der Waals surface area contributed by atoms with Crippen LogP contribution in [-0.4, -0.2) is 17.2 Å². The highest BCUT2D eigenvalue weighted by molar-refractivity contribution is 8.08. The molecule has 3 nitrogen and oxygen atoms in total. The number of Topliss-reactive ketones (excluding diaryl/α,β-unsaturated/α-hetero) is 1. The molecule has 0 aromatic heterocycles. The zero-order chi connectivity index (χ0) is 17.4. The Morgan fingerprint density at radius 3 is 2.60 bits per heavy atom. The molecule has 0 saturated heterocycles. The van der Waals surface area contributed by atoms with Gasteiger partial charge in [0.2, 0.25) is 0 Å². The fourth-order valence-corrected chi connectivity index (χ4v) is 4.23. The number of ketones is 1. The summed E-state index contributed by atoms with van der Waals surface area (Å²) in [7, 11) is 0. The Morgan fingerprint density at radius 1 is 0.960 bits per heavy atom. The van der Waals surface area contributed by atoms with Crippen molar-refractivity contribution in [3.05, 3.63) is 77.9 Å². The first-order valence-corrected chi connectivity index (χ1v) is 8.69. The van der Waals surface area contributed by atoms with E-state index in [2.05, 4.69) is 0 Å². The Morgan fingerprint density at radius 2 is 1.76 bits per heavy atom. The molecule has 1 aliphatic carbocycles. The van der Waals surface area contributed by atoms with Crippen molar-refractivity contribution in [3.8, 4) is 5.75 Å². The van der Waals surface area contributed by atoms with Crippen LogP contribution in [0.1, 0.15) is 15.9 Å². The number of hydrogen-bond donors (Lipinski definition) is 1. The molecule has 0 saturated carbocycles. The molecule has 122 valence electrons. The fourth-order valence-electron chi connectivity index (χ4n) is 3.05. The van der Waals surface area contributed by atoms with Crippen molar-refractivity contribution in [3.63, 3.8) is 0 Å². The average Bonchev–Trinajstić information content (AvgIpc) is 2.64. The predicted molar refractivity (Wildman–Crippen MR) is 99.8 cm³/mol. The van der Waals surface area contributed by atoms with Gasteiger partial charge in [-0.2, -0.15) is 0 Å². The van der Waals surface area contributed by atoms with E-state index < -0.39 is 5.92 Å². The molecule has 0 aliphatic heterocycles. The lowest BCUT2D eigenvalue weighted by Gasteiger charge is -2.20. The summed E-state index contributed by atoms with van der Waals surface area (Å²) >= 11 is 1.51. The first kappa shape index (κ1) is 15.7. The lowest BCUT2D eigenvalue weighted by atomic mass is 9.89. The van der Waals surface area contributed by atoms with Crippen LogP contribution >= 0.6 is 11.8 Å². The lowest BCUT2D eigenvalue weighted by molar-refractivity contribution is -0.108. The maximum absolute atomic E-state index is 12.4. The van der Waals surface area contributed by atoms with E-state index >= 15 is 0 Å². The van der Waals surface area contributed by atoms with Gasteiger partial charge in [0.05, 0.1) is 5.92 Å². The molecule has 0 amide bonds. The van der Waals surface area contributed by atoms with Gasteiger partial charge < -0.3 is 9.90 Å². The summed E-state index contributed by atoms with van der Waals surface area (Å²) in [5.74, 6) is -0.915. The number of carbonyl (C=O) groups excluding carboxylic acids is 2. The topological polar surface area (TPSA) is 54.4 Å². The Bertz CT molecular complexity index is 1030. The molecule has 1 aliphatic rings. The van der Waals surface area contributed by atoms with Crippen LogP contribution in [0.4, 0.5) is 0 Å². The first-order chi connectivity index (χ1) is 12.2. The fraction of sp³-hybridized carbons (Fsp3) is 0.0476. The summed E-state index contributed by atoms with van der Waals surface area (Å²) in [4.78, 5) is 25.6. The number of rotatable bonds is 3. The van der Waals surface area contributed by atoms with E-state index in [0.717, 1.165) is 20.6 Å². The van der Waals surface area contributed by atoms with E-state index in [-0.39, 0.29) is 11.5 Å². The summed E-state index contributed by atoms with van der Waals surface area (Å²) in [6.07, 6.45) is 2.35. The summed E-state index contributed by atoms with van der Waals surface area (Å²) in [5.41, 5.74) is 1.14. The number of hydrogen-bond acceptors (Lipinski definition) is 4. The third-order valence-corrected chi connectivity index (χ3v) is 5.44. The van der Waals surface area contributed by atoms with E-state index in [0.29, 0.717) is 17.4 Å². The molecule has 1 N–H and O–H groups in total. The first-order valence-electron chi connectivity index (χ1n) is 7.88. The highest BCUT2D eigenvalue weighted by Gasteiger charge is 2.28. The van der Waals surface area contributed by atoms with Gasteiger partial charge in [-0.05, 0) is 35.0 Å². The predicted octanol–water partition coefficient (Wildman–Crippen LogP) is 4.69. The van der Waals surface area contributed by atoms with Gasteiger partial charge in [0, 0.05) is 20.9 Å². The van der Waals surface area contributed by atoms with Gasteiger partial charge in [0.25, 0.3) is 0 Å². The van der Waals surface area contributed by atoms with Crippen LogP contribution in [0.15, 0.2) is 71.6 Å². The molecule has 0 fully saturated rings. The van der Waals surface area contributed by atoms with Crippen molar-refractivity contribution in [2.24, 2.45) is 5.92 Å². The van der Waals surface area contributed by atoms with Crippen LogP contribution in [0.25, 0.3) is 15.7 Å². The smallest absolute Gasteiger partial charge is 0.177 e. The van der Waals surface area contributed by atoms with Gasteiger partial charge >= 0.3 is 0 Å². The molecule has 0 heterocycles. The number of phenolic OH excluding ortho intramolecular Hbond substituents is 1. The second-order valence-electron chi connectivity index (χ2n) is 5.87. The average molecular weight is 346 g/mol. The molecule has 25 heavy (non-hydrogen) atoms. The van der Waals surface area contributed by atoms with Crippen molar-refractivity contribution >= 4 is 39.5 Å². The number of aromatic hydroxyl groups is 1. The van der Waals surface area contributed by atoms with Crippen molar-refractivity contribution in [1.29, 1.82) is 0 Å². The number of thioether (sulfide) groups is 1. The summed E-state index contributed by atoms with van der Waals surface area (Å²) in [5, 5.41) is 12.1. The standard InChI is InChI=1S/C21H14O3S/c22-12-14-10-20(18-11-15(23)8-9-17(18)21(14)24)25-19-7-3-5-13-4-1-2-6-16(13)19/h1-12,14,23H. The Balaban J connectivity index is 1.85. The SMILES string of the molecule is O=CC1C=C(Sc2cccc3ccccc23)c2cc(O)ccc2C1=O. The number of benzene rings is 3.